The van der Waals surface area contributed by atoms with Crippen LogP contribution in [0, 0.1) is 0 Å². The van der Waals surface area contributed by atoms with E-state index in [0.717, 1.165) is 46.0 Å². The van der Waals surface area contributed by atoms with Crippen LogP contribution in [0.2, 0.25) is 0 Å². The number of nitrogens with one attached hydrogen (secondary N) is 4. The Bertz CT molecular complexity index is 1140. The number of H-pyrrole nitrogens is 1. The van der Waals surface area contributed by atoms with E-state index in [1.807, 2.05) is 48.7 Å². The van der Waals surface area contributed by atoms with Crippen LogP contribution in [0.4, 0.5) is 10.5 Å². The fourth-order valence-electron chi connectivity index (χ4n) is 4.44. The molecule has 7 nitrogen and oxygen atoms in total. The van der Waals surface area contributed by atoms with Crippen molar-refractivity contribution < 1.29 is 14.3 Å². The monoisotopic (exact) mass is 512 g/mol. The lowest BCUT2D eigenvalue weighted by molar-refractivity contribution is -0.123. The largest absolute Gasteiger partial charge is 0.497 e. The first-order valence-corrected chi connectivity index (χ1v) is 12.1. The van der Waals surface area contributed by atoms with Gasteiger partial charge in [-0.3, -0.25) is 4.79 Å². The van der Waals surface area contributed by atoms with Crippen LogP contribution < -0.4 is 20.7 Å². The Morgan fingerprint density at radius 3 is 2.70 bits per heavy atom. The molecule has 174 valence electrons. The number of benzene rings is 2. The fraction of sp³-hybridized carbons (Fsp3) is 0.360. The number of rotatable bonds is 7. The summed E-state index contributed by atoms with van der Waals surface area (Å²) in [5, 5.41) is 9.99. The van der Waals surface area contributed by atoms with Crippen LogP contribution in [0.3, 0.4) is 0 Å². The van der Waals surface area contributed by atoms with Gasteiger partial charge in [0.25, 0.3) is 0 Å². The number of aromatic nitrogens is 1. The van der Waals surface area contributed by atoms with Crippen molar-refractivity contribution in [3.63, 3.8) is 0 Å². The summed E-state index contributed by atoms with van der Waals surface area (Å²) >= 11 is 3.43. The van der Waals surface area contributed by atoms with E-state index in [-0.39, 0.29) is 11.9 Å². The molecule has 0 radical (unpaired) electrons. The number of carbonyl (C=O) groups excluding carboxylic acids is 2. The molecule has 1 heterocycles. The normalized spacial score (nSPS) is 15.1. The van der Waals surface area contributed by atoms with E-state index in [1.165, 1.54) is 0 Å². The fourth-order valence-corrected chi connectivity index (χ4v) is 4.84. The molecule has 1 aliphatic rings. The molecule has 1 aliphatic carbocycles. The summed E-state index contributed by atoms with van der Waals surface area (Å²) in [5.74, 6) is 0.629. The second-order valence-corrected chi connectivity index (χ2v) is 9.38. The molecule has 0 spiro atoms. The molecule has 1 aromatic heterocycles. The summed E-state index contributed by atoms with van der Waals surface area (Å²) in [5.41, 5.74) is 1.93. The van der Waals surface area contributed by atoms with Gasteiger partial charge in [-0.15, -0.1) is 0 Å². The van der Waals surface area contributed by atoms with Gasteiger partial charge in [0.15, 0.2) is 0 Å². The summed E-state index contributed by atoms with van der Waals surface area (Å²) in [6, 6.07) is 13.0. The van der Waals surface area contributed by atoms with Crippen molar-refractivity contribution in [1.29, 1.82) is 0 Å². The van der Waals surface area contributed by atoms with Gasteiger partial charge in [0.1, 0.15) is 11.3 Å². The smallest absolute Gasteiger partial charge is 0.315 e. The average Bonchev–Trinajstić information content (AvgIpc) is 3.21. The maximum Gasteiger partial charge on any atom is 0.315 e. The van der Waals surface area contributed by atoms with Crippen molar-refractivity contribution in [1.82, 2.24) is 15.6 Å². The topological polar surface area (TPSA) is 95.2 Å². The first-order valence-electron chi connectivity index (χ1n) is 11.3. The average molecular weight is 513 g/mol. The molecular formula is C25H29BrN4O3. The SMILES string of the molecule is COc1ccc2[nH]cc(CCNC(=O)NC3(C(=O)Nc4cccc(Br)c4)CCCCC3)c2c1. The summed E-state index contributed by atoms with van der Waals surface area (Å²) in [6.45, 7) is 0.458. The van der Waals surface area contributed by atoms with Gasteiger partial charge in [0.2, 0.25) is 5.91 Å². The van der Waals surface area contributed by atoms with Crippen molar-refractivity contribution in [2.24, 2.45) is 0 Å². The zero-order valence-corrected chi connectivity index (χ0v) is 20.3. The quantitative estimate of drug-likeness (QED) is 0.353. The van der Waals surface area contributed by atoms with E-state index in [2.05, 4.69) is 36.9 Å². The second kappa shape index (κ2) is 10.3. The van der Waals surface area contributed by atoms with Gasteiger partial charge < -0.3 is 25.7 Å². The minimum Gasteiger partial charge on any atom is -0.497 e. The third-order valence-electron chi connectivity index (χ3n) is 6.23. The zero-order chi connectivity index (χ0) is 23.3. The molecule has 33 heavy (non-hydrogen) atoms. The zero-order valence-electron chi connectivity index (χ0n) is 18.7. The van der Waals surface area contributed by atoms with E-state index in [9.17, 15) is 9.59 Å². The van der Waals surface area contributed by atoms with Crippen LogP contribution in [-0.2, 0) is 11.2 Å². The van der Waals surface area contributed by atoms with Crippen LogP contribution in [0.5, 0.6) is 5.75 Å². The van der Waals surface area contributed by atoms with E-state index in [1.54, 1.807) is 7.11 Å². The number of urea groups is 1. The lowest BCUT2D eigenvalue weighted by Gasteiger charge is -2.36. The highest BCUT2D eigenvalue weighted by molar-refractivity contribution is 9.10. The highest BCUT2D eigenvalue weighted by Crippen LogP contribution is 2.30. The summed E-state index contributed by atoms with van der Waals surface area (Å²) in [4.78, 5) is 29.3. The van der Waals surface area contributed by atoms with Crippen molar-refractivity contribution in [2.45, 2.75) is 44.1 Å². The Hall–Kier alpha value is -3.00. The Balaban J connectivity index is 1.38. The molecule has 0 bridgehead atoms. The molecule has 8 heteroatoms. The number of methoxy groups -OCH3 is 1. The Labute approximate surface area is 201 Å². The van der Waals surface area contributed by atoms with Crippen LogP contribution in [-0.4, -0.2) is 36.1 Å². The van der Waals surface area contributed by atoms with E-state index < -0.39 is 5.54 Å². The van der Waals surface area contributed by atoms with Gasteiger partial charge in [0, 0.05) is 33.8 Å². The van der Waals surface area contributed by atoms with Crippen LogP contribution in [0.1, 0.15) is 37.7 Å². The first kappa shape index (κ1) is 23.2. The minimum absolute atomic E-state index is 0.167. The first-order chi connectivity index (χ1) is 16.0. The molecule has 4 N–H and O–H groups in total. The summed E-state index contributed by atoms with van der Waals surface area (Å²) in [6.07, 6.45) is 6.76. The van der Waals surface area contributed by atoms with Crippen molar-refractivity contribution in [3.8, 4) is 5.75 Å². The number of hydrogen-bond acceptors (Lipinski definition) is 3. The second-order valence-electron chi connectivity index (χ2n) is 8.46. The molecule has 3 aromatic rings. The standard InChI is InChI=1S/C25H29BrN4O3/c1-33-20-8-9-22-21(15-20)17(16-28-22)10-13-27-24(32)30-25(11-3-2-4-12-25)23(31)29-19-7-5-6-18(26)14-19/h5-9,14-16,28H,2-4,10-13H2,1H3,(H,29,31)(H2,27,30,32). The minimum atomic E-state index is -0.904. The third kappa shape index (κ3) is 5.50. The number of anilines is 1. The molecule has 0 unspecified atom stereocenters. The maximum absolute atomic E-state index is 13.2. The van der Waals surface area contributed by atoms with Gasteiger partial charge in [-0.25, -0.2) is 4.79 Å². The van der Waals surface area contributed by atoms with E-state index in [0.29, 0.717) is 31.5 Å². The Morgan fingerprint density at radius 2 is 1.94 bits per heavy atom. The van der Waals surface area contributed by atoms with Crippen LogP contribution >= 0.6 is 15.9 Å². The molecule has 0 aliphatic heterocycles. The third-order valence-corrected chi connectivity index (χ3v) is 6.72. The number of halogens is 1. The highest BCUT2D eigenvalue weighted by atomic mass is 79.9. The van der Waals surface area contributed by atoms with Crippen molar-refractivity contribution >= 4 is 44.5 Å². The molecular weight excluding hydrogens is 484 g/mol. The van der Waals surface area contributed by atoms with Gasteiger partial charge in [-0.1, -0.05) is 41.3 Å². The molecule has 2 aromatic carbocycles. The lowest BCUT2D eigenvalue weighted by atomic mass is 9.81. The Morgan fingerprint density at radius 1 is 1.12 bits per heavy atom. The summed E-state index contributed by atoms with van der Waals surface area (Å²) < 4.78 is 6.21. The number of aromatic amines is 1. The van der Waals surface area contributed by atoms with Gasteiger partial charge in [0.05, 0.1) is 7.11 Å². The predicted octanol–water partition coefficient (Wildman–Crippen LogP) is 5.12. The number of fused-ring (bicyclic) bond motifs is 1. The Kier molecular flexibility index (Phi) is 7.23. The molecule has 1 fully saturated rings. The van der Waals surface area contributed by atoms with Gasteiger partial charge in [-0.05, 0) is 61.2 Å². The highest BCUT2D eigenvalue weighted by Gasteiger charge is 2.41. The molecule has 3 amide bonds. The van der Waals surface area contributed by atoms with Crippen LogP contribution in [0.25, 0.3) is 10.9 Å². The molecule has 0 saturated heterocycles. The molecule has 4 rings (SSSR count). The van der Waals surface area contributed by atoms with Gasteiger partial charge >= 0.3 is 6.03 Å². The lowest BCUT2D eigenvalue weighted by Crippen LogP contribution is -2.60. The van der Waals surface area contributed by atoms with E-state index in [4.69, 9.17) is 4.74 Å². The van der Waals surface area contributed by atoms with Crippen molar-refractivity contribution in [2.75, 3.05) is 19.0 Å². The number of amides is 3. The van der Waals surface area contributed by atoms with Gasteiger partial charge in [-0.2, -0.15) is 0 Å². The number of hydrogen-bond donors (Lipinski definition) is 4. The number of carbonyl (C=O) groups is 2. The van der Waals surface area contributed by atoms with E-state index >= 15 is 0 Å². The molecule has 0 atom stereocenters. The maximum atomic E-state index is 13.2. The molecule has 1 saturated carbocycles. The number of ether oxygens (including phenoxy) is 1. The van der Waals surface area contributed by atoms with Crippen LogP contribution in [0.15, 0.2) is 53.1 Å². The summed E-state index contributed by atoms with van der Waals surface area (Å²) in [7, 11) is 1.65. The van der Waals surface area contributed by atoms with Crippen molar-refractivity contribution in [3.05, 3.63) is 58.7 Å². The predicted molar refractivity (Wildman–Crippen MR) is 134 cm³/mol.